The van der Waals surface area contributed by atoms with Gasteiger partial charge in [0, 0.05) is 12.8 Å². The molecule has 2 atom stereocenters. The fourth-order valence-corrected chi connectivity index (χ4v) is 8.49. The fraction of sp³-hybridized carbons (Fsp3) is 0.862. The molecule has 0 rings (SSSR count). The van der Waals surface area contributed by atoms with Gasteiger partial charge in [0.05, 0.1) is 25.4 Å². The van der Waals surface area contributed by atoms with Gasteiger partial charge in [0.25, 0.3) is 0 Å². The minimum atomic E-state index is -0.850. The van der Waals surface area contributed by atoms with Crippen LogP contribution in [0.3, 0.4) is 0 Å². The smallest absolute Gasteiger partial charge is 0.305 e. The molecular formula is C58H109NO5. The number of carbonyl (C=O) groups excluding carboxylic acids is 2. The molecule has 376 valence electrons. The second-order valence-corrected chi connectivity index (χ2v) is 19.3. The van der Waals surface area contributed by atoms with Gasteiger partial charge in [0.2, 0.25) is 5.91 Å². The van der Waals surface area contributed by atoms with Crippen LogP contribution in [0.4, 0.5) is 0 Å². The third-order valence-electron chi connectivity index (χ3n) is 12.9. The largest absolute Gasteiger partial charge is 0.466 e. The molecule has 0 radical (unpaired) electrons. The lowest BCUT2D eigenvalue weighted by Crippen LogP contribution is -2.45. The van der Waals surface area contributed by atoms with Gasteiger partial charge in [0.1, 0.15) is 0 Å². The summed E-state index contributed by atoms with van der Waals surface area (Å²) in [7, 11) is 0. The number of aliphatic hydroxyl groups is 2. The number of allylic oxidation sites excluding steroid dienone is 5. The van der Waals surface area contributed by atoms with Crippen LogP contribution in [0.15, 0.2) is 36.5 Å². The van der Waals surface area contributed by atoms with Gasteiger partial charge < -0.3 is 20.3 Å². The summed E-state index contributed by atoms with van der Waals surface area (Å²) in [6, 6.07) is -0.634. The van der Waals surface area contributed by atoms with Crippen molar-refractivity contribution >= 4 is 11.9 Å². The van der Waals surface area contributed by atoms with E-state index >= 15 is 0 Å². The quantitative estimate of drug-likeness (QED) is 0.0321. The summed E-state index contributed by atoms with van der Waals surface area (Å²) in [6.45, 7) is 4.86. The molecule has 0 aromatic rings. The average Bonchev–Trinajstić information content (AvgIpc) is 3.29. The van der Waals surface area contributed by atoms with Crippen molar-refractivity contribution in [2.24, 2.45) is 0 Å². The first-order valence-electron chi connectivity index (χ1n) is 28.3. The Hall–Kier alpha value is -1.92. The molecule has 0 fully saturated rings. The number of hydrogen-bond acceptors (Lipinski definition) is 5. The minimum Gasteiger partial charge on any atom is -0.466 e. The molecule has 3 N–H and O–H groups in total. The number of unbranched alkanes of at least 4 members (excludes halogenated alkanes) is 37. The van der Waals surface area contributed by atoms with E-state index in [1.54, 1.807) is 6.08 Å². The molecule has 0 aromatic heterocycles. The van der Waals surface area contributed by atoms with Crippen LogP contribution in [0, 0.1) is 0 Å². The van der Waals surface area contributed by atoms with E-state index in [0.717, 1.165) is 51.4 Å². The van der Waals surface area contributed by atoms with Crippen molar-refractivity contribution in [3.63, 3.8) is 0 Å². The van der Waals surface area contributed by atoms with E-state index in [2.05, 4.69) is 43.5 Å². The van der Waals surface area contributed by atoms with Crippen molar-refractivity contribution in [3.8, 4) is 0 Å². The zero-order valence-electron chi connectivity index (χ0n) is 42.8. The van der Waals surface area contributed by atoms with E-state index in [9.17, 15) is 19.8 Å². The summed E-state index contributed by atoms with van der Waals surface area (Å²) < 4.78 is 5.45. The molecule has 0 aliphatic heterocycles. The highest BCUT2D eigenvalue weighted by molar-refractivity contribution is 5.76. The lowest BCUT2D eigenvalue weighted by Gasteiger charge is -2.20. The third-order valence-corrected chi connectivity index (χ3v) is 12.9. The molecule has 6 heteroatoms. The molecule has 2 unspecified atom stereocenters. The van der Waals surface area contributed by atoms with Crippen LogP contribution in [-0.4, -0.2) is 47.4 Å². The lowest BCUT2D eigenvalue weighted by molar-refractivity contribution is -0.143. The molecule has 64 heavy (non-hydrogen) atoms. The summed E-state index contributed by atoms with van der Waals surface area (Å²) in [5, 5.41) is 23.1. The molecule has 1 amide bonds. The van der Waals surface area contributed by atoms with Gasteiger partial charge in [-0.25, -0.2) is 0 Å². The second-order valence-electron chi connectivity index (χ2n) is 19.3. The topological polar surface area (TPSA) is 95.9 Å². The highest BCUT2D eigenvalue weighted by Gasteiger charge is 2.18. The fourth-order valence-electron chi connectivity index (χ4n) is 8.49. The van der Waals surface area contributed by atoms with Crippen molar-refractivity contribution in [2.75, 3.05) is 13.2 Å². The maximum Gasteiger partial charge on any atom is 0.305 e. The van der Waals surface area contributed by atoms with Crippen LogP contribution in [0.1, 0.15) is 296 Å². The second kappa shape index (κ2) is 53.7. The number of hydrogen-bond donors (Lipinski definition) is 3. The number of amides is 1. The van der Waals surface area contributed by atoms with E-state index in [0.29, 0.717) is 19.4 Å². The van der Waals surface area contributed by atoms with E-state index in [-0.39, 0.29) is 18.5 Å². The molecule has 0 saturated carbocycles. The van der Waals surface area contributed by atoms with Crippen LogP contribution in [-0.2, 0) is 14.3 Å². The van der Waals surface area contributed by atoms with Crippen molar-refractivity contribution in [2.45, 2.75) is 309 Å². The molecule has 0 heterocycles. The average molecular weight is 901 g/mol. The van der Waals surface area contributed by atoms with E-state index in [1.165, 1.54) is 218 Å². The number of esters is 1. The van der Waals surface area contributed by atoms with Crippen molar-refractivity contribution < 1.29 is 24.5 Å². The Balaban J connectivity index is 3.48. The first kappa shape index (κ1) is 62.1. The van der Waals surface area contributed by atoms with Crippen molar-refractivity contribution in [3.05, 3.63) is 36.5 Å². The number of ether oxygens (including phenoxy) is 1. The van der Waals surface area contributed by atoms with E-state index in [4.69, 9.17) is 4.74 Å². The van der Waals surface area contributed by atoms with Crippen molar-refractivity contribution in [1.82, 2.24) is 5.32 Å². The lowest BCUT2D eigenvalue weighted by atomic mass is 10.0. The Labute approximate surface area is 398 Å². The first-order chi connectivity index (χ1) is 31.5. The Bertz CT molecular complexity index is 1040. The predicted octanol–water partition coefficient (Wildman–Crippen LogP) is 17.2. The van der Waals surface area contributed by atoms with Gasteiger partial charge in [0.15, 0.2) is 0 Å². The van der Waals surface area contributed by atoms with Gasteiger partial charge in [-0.2, -0.15) is 0 Å². The molecular weight excluding hydrogens is 791 g/mol. The summed E-state index contributed by atoms with van der Waals surface area (Å²) in [6.07, 6.45) is 65.9. The Morgan fingerprint density at radius 1 is 0.422 bits per heavy atom. The van der Waals surface area contributed by atoms with Crippen LogP contribution in [0.25, 0.3) is 0 Å². The van der Waals surface area contributed by atoms with Crippen LogP contribution in [0.5, 0.6) is 0 Å². The number of nitrogens with one attached hydrogen (secondary N) is 1. The monoisotopic (exact) mass is 900 g/mol. The van der Waals surface area contributed by atoms with Crippen molar-refractivity contribution in [1.29, 1.82) is 0 Å². The maximum atomic E-state index is 12.4. The molecule has 0 aromatic carbocycles. The zero-order valence-corrected chi connectivity index (χ0v) is 42.8. The van der Waals surface area contributed by atoms with Gasteiger partial charge >= 0.3 is 5.97 Å². The summed E-state index contributed by atoms with van der Waals surface area (Å²) in [5.74, 6) is -0.0821. The zero-order chi connectivity index (χ0) is 46.5. The maximum absolute atomic E-state index is 12.4. The van der Waals surface area contributed by atoms with Crippen LogP contribution in [0.2, 0.25) is 0 Å². The minimum absolute atomic E-state index is 0.00593. The van der Waals surface area contributed by atoms with Crippen LogP contribution >= 0.6 is 0 Å². The SMILES string of the molecule is CCCC/C=C\CCCCCCCC(=O)OCCCCCCCCCCC/C=C\CCCCCCCCCC(=O)NC(CO)C(O)/C=C/CCCCCCCCCCCCCCCC. The number of carbonyl (C=O) groups is 2. The molecule has 0 spiro atoms. The normalized spacial score (nSPS) is 12.9. The molecule has 0 saturated heterocycles. The molecule has 0 aliphatic carbocycles. The van der Waals surface area contributed by atoms with Crippen LogP contribution < -0.4 is 5.32 Å². The standard InChI is InChI=1S/C58H109NO5/c1-3-5-7-9-11-13-15-16-17-24-27-31-34-38-42-46-50-56(61)55(54-60)59-57(62)51-47-43-39-35-32-28-25-22-20-18-19-21-23-26-29-33-37-41-45-49-53-64-58(63)52-48-44-40-36-30-14-12-10-8-6-4-2/h10,12,18,20,46,50,55-56,60-61H,3-9,11,13-17,19,21-45,47-49,51-54H2,1-2H3,(H,59,62)/b12-10-,20-18-,50-46+. The number of aliphatic hydroxyl groups excluding tert-OH is 2. The highest BCUT2D eigenvalue weighted by Crippen LogP contribution is 2.16. The number of rotatable bonds is 52. The predicted molar refractivity (Wildman–Crippen MR) is 278 cm³/mol. The van der Waals surface area contributed by atoms with Gasteiger partial charge in [-0.1, -0.05) is 243 Å². The highest BCUT2D eigenvalue weighted by atomic mass is 16.5. The Kier molecular flexibility index (Phi) is 52.1. The first-order valence-corrected chi connectivity index (χ1v) is 28.3. The molecule has 0 aliphatic rings. The molecule has 6 nitrogen and oxygen atoms in total. The summed E-state index contributed by atoms with van der Waals surface area (Å²) in [5.41, 5.74) is 0. The van der Waals surface area contributed by atoms with E-state index in [1.807, 2.05) is 6.08 Å². The molecule has 0 bridgehead atoms. The Morgan fingerprint density at radius 2 is 0.750 bits per heavy atom. The van der Waals surface area contributed by atoms with Gasteiger partial charge in [-0.05, 0) is 77.0 Å². The van der Waals surface area contributed by atoms with Gasteiger partial charge in [-0.3, -0.25) is 9.59 Å². The summed E-state index contributed by atoms with van der Waals surface area (Å²) >= 11 is 0. The Morgan fingerprint density at radius 3 is 1.16 bits per heavy atom. The summed E-state index contributed by atoms with van der Waals surface area (Å²) in [4.78, 5) is 24.4. The van der Waals surface area contributed by atoms with E-state index < -0.39 is 12.1 Å². The third kappa shape index (κ3) is 49.5. The van der Waals surface area contributed by atoms with Gasteiger partial charge in [-0.15, -0.1) is 0 Å².